The Hall–Kier alpha value is -2.29. The van der Waals surface area contributed by atoms with Crippen molar-refractivity contribution in [3.05, 3.63) is 58.1 Å². The number of sulfonamides is 1. The van der Waals surface area contributed by atoms with Gasteiger partial charge in [-0.1, -0.05) is 42.3 Å². The number of amides is 2. The van der Waals surface area contributed by atoms with Crippen LogP contribution in [0.3, 0.4) is 0 Å². The van der Waals surface area contributed by atoms with Crippen LogP contribution in [0.25, 0.3) is 0 Å². The molecule has 0 unspecified atom stereocenters. The average Bonchev–Trinajstić information content (AvgIpc) is 2.57. The monoisotopic (exact) mass is 443 g/mol. The Labute approximate surface area is 173 Å². The molecule has 28 heavy (non-hydrogen) atoms. The summed E-state index contributed by atoms with van der Waals surface area (Å²) in [6.07, 6.45) is 1.14. The second-order valence-corrected chi connectivity index (χ2v) is 8.74. The number of rotatable bonds is 7. The van der Waals surface area contributed by atoms with Gasteiger partial charge in [-0.2, -0.15) is 0 Å². The van der Waals surface area contributed by atoms with Crippen molar-refractivity contribution in [3.8, 4) is 0 Å². The first-order valence-corrected chi connectivity index (χ1v) is 10.8. The Morgan fingerprint density at radius 3 is 2.21 bits per heavy atom. The third kappa shape index (κ3) is 5.15. The molecular formula is C18H19Cl2N3O4S. The van der Waals surface area contributed by atoms with E-state index in [1.165, 1.54) is 30.3 Å². The molecule has 3 N–H and O–H groups in total. The number of carbonyl (C=O) groups is 2. The highest BCUT2D eigenvalue weighted by molar-refractivity contribution is 7.92. The number of hydrogen-bond acceptors (Lipinski definition) is 4. The van der Waals surface area contributed by atoms with Crippen molar-refractivity contribution < 1.29 is 18.0 Å². The molecule has 0 fully saturated rings. The van der Waals surface area contributed by atoms with E-state index in [0.717, 1.165) is 10.6 Å². The van der Waals surface area contributed by atoms with Crippen molar-refractivity contribution in [2.24, 2.45) is 5.73 Å². The predicted molar refractivity (Wildman–Crippen MR) is 111 cm³/mol. The summed E-state index contributed by atoms with van der Waals surface area (Å²) >= 11 is 12.0. The number of nitrogens with one attached hydrogen (secondary N) is 1. The quantitative estimate of drug-likeness (QED) is 0.683. The average molecular weight is 444 g/mol. The van der Waals surface area contributed by atoms with Crippen LogP contribution in [0.4, 0.5) is 11.4 Å². The molecule has 0 aliphatic carbocycles. The molecule has 2 amide bonds. The van der Waals surface area contributed by atoms with E-state index >= 15 is 0 Å². The van der Waals surface area contributed by atoms with Crippen LogP contribution in [0.2, 0.25) is 10.0 Å². The molecule has 2 aromatic rings. The molecule has 0 radical (unpaired) electrons. The number of primary amides is 1. The Balaban J connectivity index is 2.47. The van der Waals surface area contributed by atoms with Crippen molar-refractivity contribution in [1.82, 2.24) is 0 Å². The third-order valence-electron chi connectivity index (χ3n) is 3.88. The molecule has 7 nitrogen and oxygen atoms in total. The van der Waals surface area contributed by atoms with Crippen LogP contribution >= 0.6 is 23.2 Å². The normalized spacial score (nSPS) is 12.3. The molecule has 1 atom stereocenters. The Bertz CT molecular complexity index is 991. The fourth-order valence-electron chi connectivity index (χ4n) is 2.75. The molecule has 150 valence electrons. The van der Waals surface area contributed by atoms with Crippen LogP contribution in [0.15, 0.2) is 42.5 Å². The van der Waals surface area contributed by atoms with Crippen LogP contribution < -0.4 is 15.4 Å². The smallest absolute Gasteiger partial charge is 0.250 e. The highest BCUT2D eigenvalue weighted by Gasteiger charge is 2.32. The maximum absolute atomic E-state index is 12.9. The highest BCUT2D eigenvalue weighted by atomic mass is 35.5. The van der Waals surface area contributed by atoms with Gasteiger partial charge in [0.15, 0.2) is 0 Å². The van der Waals surface area contributed by atoms with Gasteiger partial charge in [0, 0.05) is 10.0 Å². The fourth-order valence-corrected chi connectivity index (χ4v) is 4.46. The third-order valence-corrected chi connectivity index (χ3v) is 5.50. The van der Waals surface area contributed by atoms with Gasteiger partial charge < -0.3 is 11.1 Å². The van der Waals surface area contributed by atoms with E-state index in [4.69, 9.17) is 28.9 Å². The summed E-state index contributed by atoms with van der Waals surface area (Å²) in [6.45, 7) is 1.66. The summed E-state index contributed by atoms with van der Waals surface area (Å²) in [5.41, 5.74) is 5.79. The van der Waals surface area contributed by atoms with E-state index in [1.54, 1.807) is 19.1 Å². The molecule has 2 aromatic carbocycles. The summed E-state index contributed by atoms with van der Waals surface area (Å²) in [6, 6.07) is 9.35. The number of halogens is 2. The van der Waals surface area contributed by atoms with Crippen molar-refractivity contribution in [3.63, 3.8) is 0 Å². The Morgan fingerprint density at radius 1 is 1.14 bits per heavy atom. The minimum absolute atomic E-state index is 0.113. The first-order valence-electron chi connectivity index (χ1n) is 8.19. The van der Waals surface area contributed by atoms with Gasteiger partial charge in [-0.05, 0) is 36.8 Å². The van der Waals surface area contributed by atoms with Gasteiger partial charge in [-0.15, -0.1) is 0 Å². The molecule has 0 aliphatic rings. The summed E-state index contributed by atoms with van der Waals surface area (Å²) in [7, 11) is -3.86. The first-order chi connectivity index (χ1) is 13.0. The SMILES string of the molecule is CC[C@@H](C(=O)Nc1ccccc1C(N)=O)N(c1cc(Cl)cc(Cl)c1)S(C)(=O)=O. The lowest BCUT2D eigenvalue weighted by Gasteiger charge is -2.30. The topological polar surface area (TPSA) is 110 Å². The number of carbonyl (C=O) groups excluding carboxylic acids is 2. The minimum Gasteiger partial charge on any atom is -0.366 e. The van der Waals surface area contributed by atoms with Gasteiger partial charge >= 0.3 is 0 Å². The fraction of sp³-hybridized carbons (Fsp3) is 0.222. The largest absolute Gasteiger partial charge is 0.366 e. The Kier molecular flexibility index (Phi) is 6.92. The van der Waals surface area contributed by atoms with Crippen molar-refractivity contribution in [1.29, 1.82) is 0 Å². The number of para-hydroxylation sites is 1. The van der Waals surface area contributed by atoms with E-state index in [-0.39, 0.29) is 33.4 Å². The first kappa shape index (κ1) is 22.0. The van der Waals surface area contributed by atoms with E-state index in [0.29, 0.717) is 0 Å². The molecule has 0 saturated heterocycles. The van der Waals surface area contributed by atoms with Gasteiger partial charge in [-0.25, -0.2) is 8.42 Å². The molecule has 0 spiro atoms. The lowest BCUT2D eigenvalue weighted by Crippen LogP contribution is -2.47. The van der Waals surface area contributed by atoms with Crippen molar-refractivity contribution in [2.45, 2.75) is 19.4 Å². The van der Waals surface area contributed by atoms with Gasteiger partial charge in [0.05, 0.1) is 23.2 Å². The van der Waals surface area contributed by atoms with Crippen LogP contribution in [0.5, 0.6) is 0 Å². The summed E-state index contributed by atoms with van der Waals surface area (Å²) in [5, 5.41) is 3.04. The molecule has 2 rings (SSSR count). The van der Waals surface area contributed by atoms with Gasteiger partial charge in [0.2, 0.25) is 15.9 Å². The zero-order valence-corrected chi connectivity index (χ0v) is 17.5. The minimum atomic E-state index is -3.86. The predicted octanol–water partition coefficient (Wildman–Crippen LogP) is 3.28. The summed E-state index contributed by atoms with van der Waals surface area (Å²) in [5.74, 6) is -1.34. The second kappa shape index (κ2) is 8.81. The molecule has 0 aliphatic heterocycles. The van der Waals surface area contributed by atoms with Crippen LogP contribution in [0.1, 0.15) is 23.7 Å². The van der Waals surface area contributed by atoms with Gasteiger partial charge in [0.1, 0.15) is 6.04 Å². The molecule has 0 saturated carbocycles. The number of nitrogens with zero attached hydrogens (tertiary/aromatic N) is 1. The van der Waals surface area contributed by atoms with E-state index in [2.05, 4.69) is 5.32 Å². The standard InChI is InChI=1S/C18H19Cl2N3O4S/c1-3-16(18(25)22-15-7-5-4-6-14(15)17(21)24)23(28(2,26)27)13-9-11(19)8-12(20)10-13/h4-10,16H,3H2,1-2H3,(H2,21,24)(H,22,25)/t16-/m0/s1. The molecule has 10 heteroatoms. The van der Waals surface area contributed by atoms with Crippen LogP contribution in [-0.2, 0) is 14.8 Å². The maximum atomic E-state index is 12.9. The lowest BCUT2D eigenvalue weighted by molar-refractivity contribution is -0.117. The number of nitrogens with two attached hydrogens (primary N) is 1. The Morgan fingerprint density at radius 2 is 1.71 bits per heavy atom. The van der Waals surface area contributed by atoms with Crippen LogP contribution in [-0.4, -0.2) is 32.5 Å². The lowest BCUT2D eigenvalue weighted by atomic mass is 10.1. The number of anilines is 2. The highest BCUT2D eigenvalue weighted by Crippen LogP contribution is 2.30. The number of hydrogen-bond donors (Lipinski definition) is 2. The van der Waals surface area contributed by atoms with E-state index in [1.807, 2.05) is 0 Å². The molecular weight excluding hydrogens is 425 g/mol. The summed E-state index contributed by atoms with van der Waals surface area (Å²) in [4.78, 5) is 24.5. The van der Waals surface area contributed by atoms with E-state index < -0.39 is 27.9 Å². The number of benzene rings is 2. The van der Waals surface area contributed by atoms with Gasteiger partial charge in [0.25, 0.3) is 5.91 Å². The van der Waals surface area contributed by atoms with Crippen LogP contribution in [0, 0.1) is 0 Å². The van der Waals surface area contributed by atoms with E-state index in [9.17, 15) is 18.0 Å². The second-order valence-electron chi connectivity index (χ2n) is 6.01. The maximum Gasteiger partial charge on any atom is 0.250 e. The van der Waals surface area contributed by atoms with Gasteiger partial charge in [-0.3, -0.25) is 13.9 Å². The molecule has 0 aromatic heterocycles. The molecule has 0 heterocycles. The zero-order valence-electron chi connectivity index (χ0n) is 15.1. The van der Waals surface area contributed by atoms with Crippen molar-refractivity contribution >= 4 is 56.4 Å². The zero-order chi connectivity index (χ0) is 21.1. The molecule has 0 bridgehead atoms. The summed E-state index contributed by atoms with van der Waals surface area (Å²) < 4.78 is 25.9. The van der Waals surface area contributed by atoms with Crippen molar-refractivity contribution in [2.75, 3.05) is 15.9 Å².